The maximum atomic E-state index is 12.2. The number of nitrogens with one attached hydrogen (secondary N) is 3. The van der Waals surface area contributed by atoms with Crippen molar-refractivity contribution in [3.8, 4) is 0 Å². The minimum atomic E-state index is -3.48. The van der Waals surface area contributed by atoms with Gasteiger partial charge in [-0.3, -0.25) is 4.72 Å². The number of anilines is 1. The Bertz CT molecular complexity index is 1960. The lowest BCUT2D eigenvalue weighted by Gasteiger charge is -2.32. The zero-order chi connectivity index (χ0) is 37.8. The lowest BCUT2D eigenvalue weighted by molar-refractivity contribution is 0.269. The maximum absolute atomic E-state index is 12.2. The van der Waals surface area contributed by atoms with Gasteiger partial charge in [0.15, 0.2) is 0 Å². The van der Waals surface area contributed by atoms with Crippen molar-refractivity contribution in [2.24, 2.45) is 5.41 Å². The molecule has 1 aliphatic carbocycles. The molecule has 1 fully saturated rings. The second-order valence-corrected chi connectivity index (χ2v) is 19.7. The minimum Gasteiger partial charge on any atom is -0.280 e. The van der Waals surface area contributed by atoms with Gasteiger partial charge in [0.25, 0.3) is 10.0 Å². The van der Waals surface area contributed by atoms with E-state index < -0.39 is 35.6 Å². The summed E-state index contributed by atoms with van der Waals surface area (Å²) in [5.74, 6) is 0. The summed E-state index contributed by atoms with van der Waals surface area (Å²) in [6.45, 7) is 12.1. The van der Waals surface area contributed by atoms with Crippen LogP contribution in [-0.4, -0.2) is 36.8 Å². The molecular weight excluding hydrogens is 703 g/mol. The normalized spacial score (nSPS) is 14.3. The van der Waals surface area contributed by atoms with E-state index in [1.807, 2.05) is 32.9 Å². The number of para-hydroxylation sites is 1. The summed E-state index contributed by atoms with van der Waals surface area (Å²) in [4.78, 5) is 0.944. The van der Waals surface area contributed by atoms with Crippen molar-refractivity contribution >= 4 is 35.8 Å². The van der Waals surface area contributed by atoms with Gasteiger partial charge >= 0.3 is 0 Å². The van der Waals surface area contributed by atoms with E-state index in [-0.39, 0.29) is 16.4 Å². The molecule has 4 aromatic rings. The highest BCUT2D eigenvalue weighted by Crippen LogP contribution is 2.28. The standard InChI is InChI=1S/C14H23NO2S.C13H13NO2S.C12H17NO2S/c1-13(2,3)11-14(4,5)15-18(16,17)12-9-7-6-8-10-12;1-11-7-9-13(10-8-11)17(15,16)14-12-5-3-2-4-6-12;14-16(15,12-9-5-2-6-10-12)13-11-7-3-1-4-8-11/h6-10,15H,11H2,1-5H3;2-10,14H,1H3;2,5-6,9-11,13H,1,3-4,7-8H2. The number of aryl methyl sites for hydroxylation is 1. The first kappa shape index (κ1) is 41.9. The first-order valence-corrected chi connectivity index (χ1v) is 21.5. The molecule has 0 radical (unpaired) electrons. The van der Waals surface area contributed by atoms with Gasteiger partial charge in [-0.1, -0.05) is 112 Å². The number of hydrogen-bond donors (Lipinski definition) is 3. The Morgan fingerprint density at radius 3 is 1.45 bits per heavy atom. The van der Waals surface area contributed by atoms with Gasteiger partial charge in [-0.2, -0.15) is 0 Å². The Hall–Kier alpha value is -3.55. The van der Waals surface area contributed by atoms with Crippen LogP contribution < -0.4 is 14.2 Å². The number of benzene rings is 4. The molecule has 4 aromatic carbocycles. The lowest BCUT2D eigenvalue weighted by atomic mass is 9.82. The molecule has 3 N–H and O–H groups in total. The van der Waals surface area contributed by atoms with Crippen LogP contribution in [0, 0.1) is 12.3 Å². The van der Waals surface area contributed by atoms with Crippen molar-refractivity contribution in [2.75, 3.05) is 4.72 Å². The number of hydrogen-bond acceptors (Lipinski definition) is 6. The molecule has 0 atom stereocenters. The van der Waals surface area contributed by atoms with Gasteiger partial charge in [0, 0.05) is 17.3 Å². The Kier molecular flexibility index (Phi) is 15.0. The predicted octanol–water partition coefficient (Wildman–Crippen LogP) is 8.27. The molecule has 0 amide bonds. The minimum absolute atomic E-state index is 0.0721. The molecule has 51 heavy (non-hydrogen) atoms. The van der Waals surface area contributed by atoms with E-state index >= 15 is 0 Å². The van der Waals surface area contributed by atoms with Crippen LogP contribution in [0.2, 0.25) is 0 Å². The number of rotatable bonds is 10. The highest BCUT2D eigenvalue weighted by atomic mass is 32.2. The molecule has 0 bridgehead atoms. The average molecular weight is 756 g/mol. The largest absolute Gasteiger partial charge is 0.280 e. The summed E-state index contributed by atoms with van der Waals surface area (Å²) in [6, 6.07) is 32.8. The molecule has 0 aliphatic heterocycles. The fourth-order valence-electron chi connectivity index (χ4n) is 5.93. The summed E-state index contributed by atoms with van der Waals surface area (Å²) in [6.07, 6.45) is 6.18. The first-order chi connectivity index (χ1) is 23.8. The molecule has 278 valence electrons. The van der Waals surface area contributed by atoms with Gasteiger partial charge in [0.1, 0.15) is 0 Å². The summed E-state index contributed by atoms with van der Waals surface area (Å²) in [7, 11) is -10.2. The Labute approximate surface area is 306 Å². The van der Waals surface area contributed by atoms with Crippen LogP contribution in [0.15, 0.2) is 130 Å². The molecule has 9 nitrogen and oxygen atoms in total. The fourth-order valence-corrected chi connectivity index (χ4v) is 9.75. The predicted molar refractivity (Wildman–Crippen MR) is 207 cm³/mol. The van der Waals surface area contributed by atoms with E-state index in [0.29, 0.717) is 15.5 Å². The molecule has 0 heterocycles. The van der Waals surface area contributed by atoms with Crippen molar-refractivity contribution in [3.63, 3.8) is 0 Å². The van der Waals surface area contributed by atoms with E-state index in [0.717, 1.165) is 37.7 Å². The van der Waals surface area contributed by atoms with Gasteiger partial charge < -0.3 is 0 Å². The van der Waals surface area contributed by atoms with E-state index in [9.17, 15) is 25.3 Å². The fraction of sp³-hybridized carbons (Fsp3) is 0.385. The molecule has 0 spiro atoms. The van der Waals surface area contributed by atoms with Crippen LogP contribution in [0.4, 0.5) is 5.69 Å². The molecule has 5 rings (SSSR count). The maximum Gasteiger partial charge on any atom is 0.261 e. The Morgan fingerprint density at radius 1 is 0.549 bits per heavy atom. The zero-order valence-electron chi connectivity index (χ0n) is 30.5. The van der Waals surface area contributed by atoms with Crippen LogP contribution >= 0.6 is 0 Å². The smallest absolute Gasteiger partial charge is 0.261 e. The van der Waals surface area contributed by atoms with Gasteiger partial charge in [-0.15, -0.1) is 0 Å². The topological polar surface area (TPSA) is 139 Å². The SMILES string of the molecule is CC(C)(C)CC(C)(C)NS(=O)(=O)c1ccccc1.Cc1ccc(S(=O)(=O)Nc2ccccc2)cc1.O=S(=O)(NC1CCCCC1)c1ccccc1. The monoisotopic (exact) mass is 755 g/mol. The molecular formula is C39H53N3O6S3. The van der Waals surface area contributed by atoms with Gasteiger partial charge in [0.2, 0.25) is 20.0 Å². The second kappa shape index (κ2) is 18.3. The van der Waals surface area contributed by atoms with Crippen molar-refractivity contribution in [2.45, 2.75) is 106 Å². The van der Waals surface area contributed by atoms with Crippen molar-refractivity contribution in [1.29, 1.82) is 0 Å². The van der Waals surface area contributed by atoms with Crippen LogP contribution in [-0.2, 0) is 30.1 Å². The van der Waals surface area contributed by atoms with Gasteiger partial charge in [-0.25, -0.2) is 34.7 Å². The molecule has 0 saturated heterocycles. The second-order valence-electron chi connectivity index (χ2n) is 14.6. The average Bonchev–Trinajstić information content (AvgIpc) is 3.05. The van der Waals surface area contributed by atoms with Crippen LogP contribution in [0.5, 0.6) is 0 Å². The molecule has 1 saturated carbocycles. The van der Waals surface area contributed by atoms with Gasteiger partial charge in [0.05, 0.1) is 14.7 Å². The van der Waals surface area contributed by atoms with Crippen molar-refractivity contribution < 1.29 is 25.3 Å². The highest BCUT2D eigenvalue weighted by Gasteiger charge is 2.30. The summed E-state index contributed by atoms with van der Waals surface area (Å²) >= 11 is 0. The third kappa shape index (κ3) is 14.9. The van der Waals surface area contributed by atoms with E-state index in [4.69, 9.17) is 0 Å². The van der Waals surface area contributed by atoms with E-state index in [1.165, 1.54) is 6.42 Å². The Morgan fingerprint density at radius 2 is 0.980 bits per heavy atom. The van der Waals surface area contributed by atoms with Crippen molar-refractivity contribution in [1.82, 2.24) is 9.44 Å². The highest BCUT2D eigenvalue weighted by molar-refractivity contribution is 7.92. The van der Waals surface area contributed by atoms with Crippen LogP contribution in [0.1, 0.15) is 78.7 Å². The van der Waals surface area contributed by atoms with Crippen LogP contribution in [0.25, 0.3) is 0 Å². The molecule has 0 unspecified atom stereocenters. The summed E-state index contributed by atoms with van der Waals surface area (Å²) < 4.78 is 80.5. The third-order valence-electron chi connectivity index (χ3n) is 7.77. The lowest BCUT2D eigenvalue weighted by Crippen LogP contribution is -2.45. The summed E-state index contributed by atoms with van der Waals surface area (Å²) in [5.41, 5.74) is 1.20. The first-order valence-electron chi connectivity index (χ1n) is 17.1. The quantitative estimate of drug-likeness (QED) is 0.149. The molecule has 1 aliphatic rings. The van der Waals surface area contributed by atoms with E-state index in [1.54, 1.807) is 103 Å². The third-order valence-corrected chi connectivity index (χ3v) is 12.4. The van der Waals surface area contributed by atoms with Crippen molar-refractivity contribution in [3.05, 3.63) is 121 Å². The molecule has 0 aromatic heterocycles. The number of sulfonamides is 3. The Balaban J connectivity index is 0.000000207. The van der Waals surface area contributed by atoms with Crippen LogP contribution in [0.3, 0.4) is 0 Å². The summed E-state index contributed by atoms with van der Waals surface area (Å²) in [5, 5.41) is 0. The van der Waals surface area contributed by atoms with E-state index in [2.05, 4.69) is 34.9 Å². The van der Waals surface area contributed by atoms with Gasteiger partial charge in [-0.05, 0) is 94.0 Å². The zero-order valence-corrected chi connectivity index (χ0v) is 32.9. The molecule has 12 heteroatoms.